The van der Waals surface area contributed by atoms with Gasteiger partial charge in [-0.15, -0.1) is 5.10 Å². The van der Waals surface area contributed by atoms with Gasteiger partial charge in [0.25, 0.3) is 0 Å². The molecule has 0 radical (unpaired) electrons. The van der Waals surface area contributed by atoms with Gasteiger partial charge in [-0.1, -0.05) is 30.3 Å². The summed E-state index contributed by atoms with van der Waals surface area (Å²) in [5, 5.41) is 8.00. The highest BCUT2D eigenvalue weighted by molar-refractivity contribution is 5.43. The number of aryl methyl sites for hydroxylation is 1. The molecule has 0 spiro atoms. The van der Waals surface area contributed by atoms with E-state index in [9.17, 15) is 0 Å². The molecule has 72 valence electrons. The van der Waals surface area contributed by atoms with Gasteiger partial charge < -0.3 is 5.73 Å². The maximum atomic E-state index is 5.88. The molecule has 0 saturated heterocycles. The van der Waals surface area contributed by atoms with Crippen LogP contribution in [0.5, 0.6) is 0 Å². The van der Waals surface area contributed by atoms with Gasteiger partial charge in [-0.2, -0.15) is 4.68 Å². The lowest BCUT2D eigenvalue weighted by Gasteiger charge is -2.01. The van der Waals surface area contributed by atoms with Crippen LogP contribution in [0.15, 0.2) is 30.3 Å². The van der Waals surface area contributed by atoms with Gasteiger partial charge in [-0.05, 0) is 18.6 Å². The van der Waals surface area contributed by atoms with E-state index in [0.29, 0.717) is 5.82 Å². The van der Waals surface area contributed by atoms with Gasteiger partial charge >= 0.3 is 0 Å². The van der Waals surface area contributed by atoms with E-state index < -0.39 is 0 Å². The van der Waals surface area contributed by atoms with Crippen LogP contribution in [-0.4, -0.2) is 15.0 Å². The molecule has 1 aromatic carbocycles. The quantitative estimate of drug-likeness (QED) is 0.775. The molecule has 0 unspecified atom stereocenters. The number of nitrogens with two attached hydrogens (primary N) is 1. The van der Waals surface area contributed by atoms with Crippen LogP contribution in [0.25, 0.3) is 5.69 Å². The van der Waals surface area contributed by atoms with Crippen LogP contribution in [0.3, 0.4) is 0 Å². The van der Waals surface area contributed by atoms with E-state index in [0.717, 1.165) is 17.8 Å². The second-order valence-corrected chi connectivity index (χ2v) is 3.02. The van der Waals surface area contributed by atoms with E-state index in [1.165, 1.54) is 0 Å². The highest BCUT2D eigenvalue weighted by atomic mass is 15.4. The summed E-state index contributed by atoms with van der Waals surface area (Å²) in [5.74, 6) is 0.624. The van der Waals surface area contributed by atoms with Crippen molar-refractivity contribution in [2.75, 3.05) is 5.73 Å². The van der Waals surface area contributed by atoms with Crippen molar-refractivity contribution in [3.8, 4) is 5.69 Å². The van der Waals surface area contributed by atoms with Crippen molar-refractivity contribution in [2.24, 2.45) is 0 Å². The standard InChI is InChI=1S/C10H12N4/c1-2-9-10(11)14(13-12-9)8-6-4-3-5-7-8/h3-7H,2,11H2,1H3. The molecule has 4 nitrogen and oxygen atoms in total. The molecule has 0 aliphatic rings. The van der Waals surface area contributed by atoms with Crippen LogP contribution in [0, 0.1) is 0 Å². The number of nitrogen functional groups attached to an aromatic ring is 1. The highest BCUT2D eigenvalue weighted by Crippen LogP contribution is 2.14. The normalized spacial score (nSPS) is 10.4. The Morgan fingerprint density at radius 3 is 2.57 bits per heavy atom. The first-order chi connectivity index (χ1) is 6.83. The summed E-state index contributed by atoms with van der Waals surface area (Å²) >= 11 is 0. The summed E-state index contributed by atoms with van der Waals surface area (Å²) in [6, 6.07) is 9.75. The lowest BCUT2D eigenvalue weighted by molar-refractivity contribution is 0.803. The number of para-hydroxylation sites is 1. The molecule has 0 aliphatic heterocycles. The number of rotatable bonds is 2. The molecule has 2 N–H and O–H groups in total. The Morgan fingerprint density at radius 1 is 1.29 bits per heavy atom. The summed E-state index contributed by atoms with van der Waals surface area (Å²) in [4.78, 5) is 0. The highest BCUT2D eigenvalue weighted by Gasteiger charge is 2.07. The average Bonchev–Trinajstić information content (AvgIpc) is 2.61. The van der Waals surface area contributed by atoms with Crippen molar-refractivity contribution < 1.29 is 0 Å². The van der Waals surface area contributed by atoms with E-state index in [-0.39, 0.29) is 0 Å². The molecule has 0 bridgehead atoms. The molecular weight excluding hydrogens is 176 g/mol. The Balaban J connectivity index is 2.48. The maximum Gasteiger partial charge on any atom is 0.151 e. The molecule has 0 saturated carbocycles. The van der Waals surface area contributed by atoms with Crippen molar-refractivity contribution in [2.45, 2.75) is 13.3 Å². The molecule has 0 atom stereocenters. The lowest BCUT2D eigenvalue weighted by Crippen LogP contribution is -2.02. The molecule has 0 amide bonds. The van der Waals surface area contributed by atoms with Crippen LogP contribution < -0.4 is 5.73 Å². The fourth-order valence-electron chi connectivity index (χ4n) is 1.33. The summed E-state index contributed by atoms with van der Waals surface area (Å²) in [5.41, 5.74) is 7.67. The predicted molar refractivity (Wildman–Crippen MR) is 55.1 cm³/mol. The summed E-state index contributed by atoms with van der Waals surface area (Å²) < 4.78 is 1.65. The van der Waals surface area contributed by atoms with E-state index in [1.807, 2.05) is 37.3 Å². The average molecular weight is 188 g/mol. The molecule has 14 heavy (non-hydrogen) atoms. The van der Waals surface area contributed by atoms with Crippen LogP contribution in [0.1, 0.15) is 12.6 Å². The number of nitrogens with zero attached hydrogens (tertiary/aromatic N) is 3. The first-order valence-electron chi connectivity index (χ1n) is 4.58. The van der Waals surface area contributed by atoms with Crippen LogP contribution in [0.4, 0.5) is 5.82 Å². The smallest absolute Gasteiger partial charge is 0.151 e. The molecule has 1 heterocycles. The van der Waals surface area contributed by atoms with Crippen molar-refractivity contribution in [1.29, 1.82) is 0 Å². The fourth-order valence-corrected chi connectivity index (χ4v) is 1.33. The largest absolute Gasteiger partial charge is 0.382 e. The van der Waals surface area contributed by atoms with Crippen molar-refractivity contribution >= 4 is 5.82 Å². The summed E-state index contributed by atoms with van der Waals surface area (Å²) in [7, 11) is 0. The maximum absolute atomic E-state index is 5.88. The Hall–Kier alpha value is -1.84. The van der Waals surface area contributed by atoms with Gasteiger partial charge in [-0.3, -0.25) is 0 Å². The third kappa shape index (κ3) is 1.35. The molecular formula is C10H12N4. The van der Waals surface area contributed by atoms with Crippen LogP contribution in [0.2, 0.25) is 0 Å². The van der Waals surface area contributed by atoms with E-state index >= 15 is 0 Å². The third-order valence-corrected chi connectivity index (χ3v) is 2.11. The Kier molecular flexibility index (Phi) is 2.18. The topological polar surface area (TPSA) is 56.7 Å². The minimum absolute atomic E-state index is 0.624. The zero-order chi connectivity index (χ0) is 9.97. The molecule has 0 fully saturated rings. The minimum atomic E-state index is 0.624. The third-order valence-electron chi connectivity index (χ3n) is 2.11. The van der Waals surface area contributed by atoms with Crippen molar-refractivity contribution in [3.05, 3.63) is 36.0 Å². The van der Waals surface area contributed by atoms with Gasteiger partial charge in [-0.25, -0.2) is 0 Å². The Morgan fingerprint density at radius 2 is 2.00 bits per heavy atom. The van der Waals surface area contributed by atoms with E-state index in [1.54, 1.807) is 4.68 Å². The zero-order valence-corrected chi connectivity index (χ0v) is 8.01. The van der Waals surface area contributed by atoms with Crippen LogP contribution in [-0.2, 0) is 6.42 Å². The Labute approximate surface area is 82.4 Å². The second-order valence-electron chi connectivity index (χ2n) is 3.02. The first-order valence-corrected chi connectivity index (χ1v) is 4.58. The molecule has 2 aromatic rings. The molecule has 2 rings (SSSR count). The number of anilines is 1. The number of benzene rings is 1. The molecule has 4 heteroatoms. The Bertz CT molecular complexity index is 419. The van der Waals surface area contributed by atoms with Gasteiger partial charge in [0.15, 0.2) is 5.82 Å². The van der Waals surface area contributed by atoms with E-state index in [2.05, 4.69) is 10.3 Å². The SMILES string of the molecule is CCc1nnn(-c2ccccc2)c1N. The van der Waals surface area contributed by atoms with Crippen molar-refractivity contribution in [1.82, 2.24) is 15.0 Å². The predicted octanol–water partition coefficient (Wildman–Crippen LogP) is 1.41. The van der Waals surface area contributed by atoms with E-state index in [4.69, 9.17) is 5.73 Å². The van der Waals surface area contributed by atoms with Gasteiger partial charge in [0.05, 0.1) is 5.69 Å². The van der Waals surface area contributed by atoms with Gasteiger partial charge in [0, 0.05) is 0 Å². The minimum Gasteiger partial charge on any atom is -0.382 e. The monoisotopic (exact) mass is 188 g/mol. The van der Waals surface area contributed by atoms with Gasteiger partial charge in [0.1, 0.15) is 5.69 Å². The van der Waals surface area contributed by atoms with Crippen molar-refractivity contribution in [3.63, 3.8) is 0 Å². The second kappa shape index (κ2) is 3.49. The van der Waals surface area contributed by atoms with Crippen LogP contribution >= 0.6 is 0 Å². The fraction of sp³-hybridized carbons (Fsp3) is 0.200. The zero-order valence-electron chi connectivity index (χ0n) is 8.01. The number of aromatic nitrogens is 3. The summed E-state index contributed by atoms with van der Waals surface area (Å²) in [6.45, 7) is 2.01. The summed E-state index contributed by atoms with van der Waals surface area (Å²) in [6.07, 6.45) is 0.804. The number of hydrogen-bond donors (Lipinski definition) is 1. The lowest BCUT2D eigenvalue weighted by atomic mass is 10.3. The first kappa shape index (κ1) is 8.74. The molecule has 1 aromatic heterocycles. The molecule has 0 aliphatic carbocycles. The number of hydrogen-bond acceptors (Lipinski definition) is 3. The van der Waals surface area contributed by atoms with Gasteiger partial charge in [0.2, 0.25) is 0 Å².